The van der Waals surface area contributed by atoms with Crippen molar-refractivity contribution < 1.29 is 24.5 Å². The van der Waals surface area contributed by atoms with E-state index in [4.69, 9.17) is 14.9 Å². The van der Waals surface area contributed by atoms with E-state index >= 15 is 0 Å². The molecule has 8 heteroatoms. The van der Waals surface area contributed by atoms with Crippen LogP contribution in [0.2, 0.25) is 0 Å². The summed E-state index contributed by atoms with van der Waals surface area (Å²) in [6.07, 6.45) is 14.6. The molecule has 1 aromatic heterocycles. The van der Waals surface area contributed by atoms with Crippen molar-refractivity contribution in [2.24, 2.45) is 11.8 Å². The average Bonchev–Trinajstić information content (AvgIpc) is 3.21. The zero-order chi connectivity index (χ0) is 22.8. The number of aryl methyl sites for hydroxylation is 2. The van der Waals surface area contributed by atoms with Gasteiger partial charge in [-0.05, 0) is 69.9 Å². The minimum absolute atomic E-state index is 0.558. The van der Waals surface area contributed by atoms with Crippen molar-refractivity contribution in [3.8, 4) is 5.88 Å². The number of fused-ring (bicyclic) bond motifs is 2. The number of aromatic nitrogens is 2. The maximum atomic E-state index is 9.55. The summed E-state index contributed by atoms with van der Waals surface area (Å²) in [7, 11) is 0. The first-order chi connectivity index (χ1) is 15.5. The normalized spacial score (nSPS) is 23.0. The lowest BCUT2D eigenvalue weighted by atomic mass is 9.75. The number of rotatable bonds is 8. The minimum Gasteiger partial charge on any atom is -0.478 e. The maximum Gasteiger partial charge on any atom is 0.328 e. The Hall–Kier alpha value is -2.35. The van der Waals surface area contributed by atoms with Crippen LogP contribution in [0.3, 0.4) is 0 Å². The van der Waals surface area contributed by atoms with Gasteiger partial charge in [-0.15, -0.1) is 5.10 Å². The predicted molar refractivity (Wildman–Crippen MR) is 121 cm³/mol. The lowest BCUT2D eigenvalue weighted by molar-refractivity contribution is -0.134. The monoisotopic (exact) mass is 447 g/mol. The Morgan fingerprint density at radius 1 is 1.00 bits per heavy atom. The van der Waals surface area contributed by atoms with Gasteiger partial charge in [0, 0.05) is 37.0 Å². The summed E-state index contributed by atoms with van der Waals surface area (Å²) in [5.41, 5.74) is 1.35. The number of likely N-dealkylation sites (tertiary alicyclic amines) is 1. The molecule has 2 atom stereocenters. The molecule has 2 fully saturated rings. The Balaban J connectivity index is 0.000000312. The number of piperidine rings is 1. The molecular weight excluding hydrogens is 410 g/mol. The fourth-order valence-electron chi connectivity index (χ4n) is 5.10. The molecule has 4 rings (SSSR count). The van der Waals surface area contributed by atoms with E-state index in [2.05, 4.69) is 20.7 Å². The van der Waals surface area contributed by atoms with E-state index in [1.807, 2.05) is 0 Å². The highest BCUT2D eigenvalue weighted by Gasteiger charge is 2.30. The van der Waals surface area contributed by atoms with Gasteiger partial charge in [-0.25, -0.2) is 9.59 Å². The number of carbonyl (C=O) groups is 2. The van der Waals surface area contributed by atoms with E-state index in [1.165, 1.54) is 76.7 Å². The fourth-order valence-corrected chi connectivity index (χ4v) is 5.10. The summed E-state index contributed by atoms with van der Waals surface area (Å²) in [6, 6.07) is 2.15. The first-order valence-electron chi connectivity index (χ1n) is 12.1. The van der Waals surface area contributed by atoms with Crippen LogP contribution in [0.25, 0.3) is 0 Å². The molecule has 0 radical (unpaired) electrons. The molecule has 2 unspecified atom stereocenters. The second kappa shape index (κ2) is 12.6. The molecule has 3 aliphatic rings. The van der Waals surface area contributed by atoms with Crippen molar-refractivity contribution in [2.75, 3.05) is 26.2 Å². The van der Waals surface area contributed by atoms with Crippen molar-refractivity contribution in [1.82, 2.24) is 14.7 Å². The minimum atomic E-state index is -1.26. The number of carboxylic acid groups (broad SMARTS) is 2. The van der Waals surface area contributed by atoms with E-state index < -0.39 is 11.9 Å². The summed E-state index contributed by atoms with van der Waals surface area (Å²) >= 11 is 0. The van der Waals surface area contributed by atoms with Crippen LogP contribution >= 0.6 is 0 Å². The first-order valence-corrected chi connectivity index (χ1v) is 12.1. The molecule has 0 spiro atoms. The van der Waals surface area contributed by atoms with Gasteiger partial charge in [-0.3, -0.25) is 4.68 Å². The SMILES string of the molecule is O=C(O)C=CC(=O)O.c1c(OCCCCN2CCC3CCCCC3C2)nn2c1CCCC2. The smallest absolute Gasteiger partial charge is 0.328 e. The van der Waals surface area contributed by atoms with Crippen LogP contribution < -0.4 is 4.74 Å². The predicted octanol–water partition coefficient (Wildman–Crippen LogP) is 3.60. The summed E-state index contributed by atoms with van der Waals surface area (Å²) in [5.74, 6) is 0.376. The number of carboxylic acids is 2. The Morgan fingerprint density at radius 2 is 1.75 bits per heavy atom. The molecule has 178 valence electrons. The van der Waals surface area contributed by atoms with E-state index in [-0.39, 0.29) is 0 Å². The Kier molecular flexibility index (Phi) is 9.59. The van der Waals surface area contributed by atoms with Crippen LogP contribution in [0.4, 0.5) is 0 Å². The standard InChI is InChI=1S/C20H33N3O.C4H4O4/c1-2-8-18-16-22(13-10-17(18)7-1)11-5-6-14-24-20-15-19-9-3-4-12-23(19)21-20;5-3(6)1-2-4(7)8/h15,17-18H,1-14,16H2;1-2H,(H,5,6)(H,7,8). The van der Waals surface area contributed by atoms with Crippen molar-refractivity contribution in [1.29, 1.82) is 0 Å². The second-order valence-electron chi connectivity index (χ2n) is 9.11. The third-order valence-electron chi connectivity index (χ3n) is 6.76. The van der Waals surface area contributed by atoms with Crippen molar-refractivity contribution >= 4 is 11.9 Å². The number of aliphatic carboxylic acids is 2. The van der Waals surface area contributed by atoms with Gasteiger partial charge >= 0.3 is 11.9 Å². The van der Waals surface area contributed by atoms with Gasteiger partial charge < -0.3 is 19.8 Å². The van der Waals surface area contributed by atoms with Gasteiger partial charge in [0.1, 0.15) is 0 Å². The highest BCUT2D eigenvalue weighted by Crippen LogP contribution is 2.36. The van der Waals surface area contributed by atoms with Crippen molar-refractivity contribution in [3.05, 3.63) is 23.9 Å². The van der Waals surface area contributed by atoms with Crippen LogP contribution in [0.15, 0.2) is 18.2 Å². The molecule has 32 heavy (non-hydrogen) atoms. The zero-order valence-corrected chi connectivity index (χ0v) is 19.0. The molecule has 1 aromatic rings. The van der Waals surface area contributed by atoms with E-state index in [0.717, 1.165) is 43.7 Å². The number of hydrogen-bond acceptors (Lipinski definition) is 5. The van der Waals surface area contributed by atoms with Crippen LogP contribution in [0.5, 0.6) is 5.88 Å². The molecule has 0 amide bonds. The molecular formula is C24H37N3O5. The molecule has 3 heterocycles. The molecule has 0 bridgehead atoms. The topological polar surface area (TPSA) is 105 Å². The molecule has 2 aliphatic heterocycles. The number of unbranched alkanes of at least 4 members (excludes halogenated alkanes) is 1. The van der Waals surface area contributed by atoms with Crippen LogP contribution in [-0.2, 0) is 22.6 Å². The van der Waals surface area contributed by atoms with Gasteiger partial charge in [-0.2, -0.15) is 0 Å². The Bertz CT molecular complexity index is 736. The highest BCUT2D eigenvalue weighted by atomic mass is 16.5. The van der Waals surface area contributed by atoms with E-state index in [1.54, 1.807) is 0 Å². The lowest BCUT2D eigenvalue weighted by Gasteiger charge is -2.41. The van der Waals surface area contributed by atoms with Crippen LogP contribution in [-0.4, -0.2) is 63.1 Å². The second-order valence-corrected chi connectivity index (χ2v) is 9.11. The van der Waals surface area contributed by atoms with Crippen LogP contribution in [0, 0.1) is 11.8 Å². The van der Waals surface area contributed by atoms with Crippen molar-refractivity contribution in [2.45, 2.75) is 70.8 Å². The summed E-state index contributed by atoms with van der Waals surface area (Å²) in [6.45, 7) is 5.83. The van der Waals surface area contributed by atoms with E-state index in [0.29, 0.717) is 12.2 Å². The Morgan fingerprint density at radius 3 is 2.47 bits per heavy atom. The third kappa shape index (κ3) is 7.97. The highest BCUT2D eigenvalue weighted by molar-refractivity contribution is 5.89. The van der Waals surface area contributed by atoms with Gasteiger partial charge in [0.25, 0.3) is 0 Å². The van der Waals surface area contributed by atoms with Gasteiger partial charge in [-0.1, -0.05) is 19.3 Å². The lowest BCUT2D eigenvalue weighted by Crippen LogP contribution is -2.42. The quantitative estimate of drug-likeness (QED) is 0.463. The largest absolute Gasteiger partial charge is 0.478 e. The van der Waals surface area contributed by atoms with E-state index in [9.17, 15) is 9.59 Å². The number of hydrogen-bond donors (Lipinski definition) is 2. The zero-order valence-electron chi connectivity index (χ0n) is 19.0. The third-order valence-corrected chi connectivity index (χ3v) is 6.76. The van der Waals surface area contributed by atoms with Gasteiger partial charge in [0.2, 0.25) is 5.88 Å². The van der Waals surface area contributed by atoms with Gasteiger partial charge in [0.05, 0.1) is 6.61 Å². The first kappa shape index (κ1) is 24.3. The summed E-state index contributed by atoms with van der Waals surface area (Å²) in [4.78, 5) is 21.8. The molecule has 8 nitrogen and oxygen atoms in total. The molecule has 2 N–H and O–H groups in total. The van der Waals surface area contributed by atoms with Gasteiger partial charge in [0.15, 0.2) is 0 Å². The molecule has 1 saturated heterocycles. The molecule has 1 aliphatic carbocycles. The average molecular weight is 448 g/mol. The maximum absolute atomic E-state index is 9.55. The number of nitrogens with zero attached hydrogens (tertiary/aromatic N) is 3. The van der Waals surface area contributed by atoms with Crippen molar-refractivity contribution in [3.63, 3.8) is 0 Å². The fraction of sp³-hybridized carbons (Fsp3) is 0.708. The number of ether oxygens (including phenoxy) is 1. The Labute approximate surface area is 190 Å². The molecule has 0 aromatic carbocycles. The molecule has 1 saturated carbocycles. The summed E-state index contributed by atoms with van der Waals surface area (Å²) in [5, 5.41) is 20.2. The summed E-state index contributed by atoms with van der Waals surface area (Å²) < 4.78 is 8.02. The van der Waals surface area contributed by atoms with Crippen LogP contribution in [0.1, 0.15) is 63.5 Å².